The summed E-state index contributed by atoms with van der Waals surface area (Å²) in [5.74, 6) is 2.24. The van der Waals surface area contributed by atoms with E-state index in [9.17, 15) is 9.00 Å². The van der Waals surface area contributed by atoms with Gasteiger partial charge in [-0.25, -0.2) is 4.98 Å². The van der Waals surface area contributed by atoms with E-state index in [4.69, 9.17) is 13.9 Å². The van der Waals surface area contributed by atoms with Crippen molar-refractivity contribution in [3.05, 3.63) is 65.0 Å². The molecule has 0 spiro atoms. The lowest BCUT2D eigenvalue weighted by atomic mass is 10.1. The molecule has 30 heavy (non-hydrogen) atoms. The average molecular weight is 426 g/mol. The Hall–Kier alpha value is -3.13. The van der Waals surface area contributed by atoms with Crippen LogP contribution in [0.15, 0.2) is 46.9 Å². The average Bonchev–Trinajstić information content (AvgIpc) is 3.32. The standard InChI is InChI=1S/C22H22N2O5S/c1-14-4-3-5-17(8-14)22-24-18(15(2)29-22)11-30(26)12-21(25)23-10-16-6-7-19-20(9-16)28-13-27-19/h3-9H,10-13H2,1-2H3,(H,23,25)/t30-/m1/s1. The maximum Gasteiger partial charge on any atom is 0.232 e. The van der Waals surface area contributed by atoms with Crippen molar-refractivity contribution in [2.24, 2.45) is 0 Å². The highest BCUT2D eigenvalue weighted by Gasteiger charge is 2.17. The Morgan fingerprint density at radius 3 is 2.80 bits per heavy atom. The topological polar surface area (TPSA) is 90.7 Å². The van der Waals surface area contributed by atoms with Gasteiger partial charge in [0.1, 0.15) is 11.5 Å². The number of fused-ring (bicyclic) bond motifs is 1. The van der Waals surface area contributed by atoms with E-state index in [0.717, 1.165) is 16.7 Å². The van der Waals surface area contributed by atoms with E-state index in [1.165, 1.54) is 0 Å². The van der Waals surface area contributed by atoms with Gasteiger partial charge in [-0.05, 0) is 43.7 Å². The predicted octanol–water partition coefficient (Wildman–Crippen LogP) is 3.25. The van der Waals surface area contributed by atoms with Gasteiger partial charge >= 0.3 is 0 Å². The summed E-state index contributed by atoms with van der Waals surface area (Å²) in [6.07, 6.45) is 0. The zero-order valence-electron chi connectivity index (χ0n) is 16.8. The maximum atomic E-state index is 12.5. The van der Waals surface area contributed by atoms with Crippen LogP contribution in [0.25, 0.3) is 11.5 Å². The van der Waals surface area contributed by atoms with Crippen molar-refractivity contribution in [3.8, 4) is 23.0 Å². The second kappa shape index (κ2) is 8.71. The van der Waals surface area contributed by atoms with Gasteiger partial charge in [0.25, 0.3) is 0 Å². The van der Waals surface area contributed by atoms with Gasteiger partial charge in [-0.1, -0.05) is 23.8 Å². The van der Waals surface area contributed by atoms with Crippen LogP contribution in [0.5, 0.6) is 11.5 Å². The van der Waals surface area contributed by atoms with Crippen LogP contribution in [0.3, 0.4) is 0 Å². The molecule has 2 aromatic carbocycles. The predicted molar refractivity (Wildman–Crippen MR) is 113 cm³/mol. The summed E-state index contributed by atoms with van der Waals surface area (Å²) in [7, 11) is -1.40. The van der Waals surface area contributed by atoms with Crippen molar-refractivity contribution in [2.45, 2.75) is 26.1 Å². The van der Waals surface area contributed by atoms with Crippen LogP contribution in [0.1, 0.15) is 22.6 Å². The third-order valence-corrected chi connectivity index (χ3v) is 5.85. The van der Waals surface area contributed by atoms with Crippen LogP contribution in [0.2, 0.25) is 0 Å². The number of benzene rings is 2. The first-order valence-corrected chi connectivity index (χ1v) is 11.0. The van der Waals surface area contributed by atoms with E-state index in [0.29, 0.717) is 35.4 Å². The molecule has 1 amide bonds. The van der Waals surface area contributed by atoms with Gasteiger partial charge in [-0.15, -0.1) is 0 Å². The smallest absolute Gasteiger partial charge is 0.232 e. The largest absolute Gasteiger partial charge is 0.454 e. The number of carbonyl (C=O) groups excluding carboxylic acids is 1. The van der Waals surface area contributed by atoms with Crippen molar-refractivity contribution in [1.82, 2.24) is 10.3 Å². The first kappa shape index (κ1) is 20.2. The van der Waals surface area contributed by atoms with E-state index in [2.05, 4.69) is 10.3 Å². The molecule has 7 nitrogen and oxygen atoms in total. The number of nitrogens with zero attached hydrogens (tertiary/aromatic N) is 1. The molecular weight excluding hydrogens is 404 g/mol. The highest BCUT2D eigenvalue weighted by molar-refractivity contribution is 7.84. The molecule has 0 saturated carbocycles. The van der Waals surface area contributed by atoms with Crippen LogP contribution in [0, 0.1) is 13.8 Å². The van der Waals surface area contributed by atoms with Gasteiger partial charge in [0.05, 0.1) is 11.4 Å². The van der Waals surface area contributed by atoms with E-state index in [1.54, 1.807) is 13.0 Å². The summed E-state index contributed by atoms with van der Waals surface area (Å²) in [6.45, 7) is 4.32. The van der Waals surface area contributed by atoms with Crippen LogP contribution >= 0.6 is 0 Å². The minimum Gasteiger partial charge on any atom is -0.454 e. The molecule has 1 aliphatic rings. The van der Waals surface area contributed by atoms with E-state index >= 15 is 0 Å². The Balaban J connectivity index is 1.31. The molecule has 0 bridgehead atoms. The van der Waals surface area contributed by atoms with E-state index < -0.39 is 10.8 Å². The lowest BCUT2D eigenvalue weighted by Gasteiger charge is -2.06. The number of ether oxygens (including phenoxy) is 2. The minimum atomic E-state index is -1.40. The zero-order chi connectivity index (χ0) is 21.1. The molecule has 1 N–H and O–H groups in total. The Morgan fingerprint density at radius 2 is 1.97 bits per heavy atom. The quantitative estimate of drug-likeness (QED) is 0.624. The number of carbonyl (C=O) groups is 1. The first-order valence-electron chi connectivity index (χ1n) is 9.51. The van der Waals surface area contributed by atoms with Gasteiger partial charge in [0.15, 0.2) is 11.5 Å². The lowest BCUT2D eigenvalue weighted by molar-refractivity contribution is -0.118. The van der Waals surface area contributed by atoms with Crippen molar-refractivity contribution in [2.75, 3.05) is 12.5 Å². The Labute approximate surface area is 176 Å². The molecule has 1 aliphatic heterocycles. The summed E-state index contributed by atoms with van der Waals surface area (Å²) in [4.78, 5) is 16.7. The molecule has 0 aliphatic carbocycles. The van der Waals surface area contributed by atoms with Crippen LogP contribution in [-0.2, 0) is 27.9 Å². The molecule has 0 radical (unpaired) electrons. The molecule has 8 heteroatoms. The van der Waals surface area contributed by atoms with E-state index in [1.807, 2.05) is 43.3 Å². The fourth-order valence-corrected chi connectivity index (χ4v) is 4.19. The number of aromatic nitrogens is 1. The van der Waals surface area contributed by atoms with Crippen molar-refractivity contribution < 1.29 is 22.9 Å². The highest BCUT2D eigenvalue weighted by atomic mass is 32.2. The fraction of sp³-hybridized carbons (Fsp3) is 0.273. The third-order valence-electron chi connectivity index (χ3n) is 4.67. The molecule has 0 fully saturated rings. The lowest BCUT2D eigenvalue weighted by Crippen LogP contribution is -2.28. The van der Waals surface area contributed by atoms with Gasteiger partial charge in [-0.2, -0.15) is 0 Å². The highest BCUT2D eigenvalue weighted by Crippen LogP contribution is 2.32. The number of aryl methyl sites for hydroxylation is 2. The third kappa shape index (κ3) is 4.71. The van der Waals surface area contributed by atoms with Gasteiger partial charge in [0, 0.05) is 22.9 Å². The molecular formula is C22H22N2O5S. The maximum absolute atomic E-state index is 12.5. The van der Waals surface area contributed by atoms with Gasteiger partial charge in [0.2, 0.25) is 18.6 Å². The number of oxazole rings is 1. The monoisotopic (exact) mass is 426 g/mol. The Kier molecular flexibility index (Phi) is 5.85. The molecule has 3 aromatic rings. The van der Waals surface area contributed by atoms with Gasteiger partial charge in [-0.3, -0.25) is 9.00 Å². The normalized spacial score (nSPS) is 13.3. The van der Waals surface area contributed by atoms with Crippen LogP contribution in [0.4, 0.5) is 0 Å². The Morgan fingerprint density at radius 1 is 1.13 bits per heavy atom. The number of nitrogens with one attached hydrogen (secondary N) is 1. The molecule has 4 rings (SSSR count). The second-order valence-corrected chi connectivity index (χ2v) is 8.54. The van der Waals surface area contributed by atoms with Gasteiger partial charge < -0.3 is 19.2 Å². The summed E-state index contributed by atoms with van der Waals surface area (Å²) >= 11 is 0. The number of hydrogen-bond donors (Lipinski definition) is 1. The summed E-state index contributed by atoms with van der Waals surface area (Å²) in [5.41, 5.74) is 3.46. The molecule has 1 aromatic heterocycles. The van der Waals surface area contributed by atoms with Crippen LogP contribution in [-0.4, -0.2) is 27.6 Å². The SMILES string of the molecule is Cc1cccc(-c2nc(C[S@@](=O)CC(=O)NCc3ccc4c(c3)OCO4)c(C)o2)c1. The van der Waals surface area contributed by atoms with Crippen molar-refractivity contribution >= 4 is 16.7 Å². The molecule has 0 saturated heterocycles. The minimum absolute atomic E-state index is 0.101. The summed E-state index contributed by atoms with van der Waals surface area (Å²) in [6, 6.07) is 13.3. The van der Waals surface area contributed by atoms with Crippen LogP contribution < -0.4 is 14.8 Å². The number of rotatable bonds is 7. The Bertz CT molecular complexity index is 1110. The first-order chi connectivity index (χ1) is 14.5. The fourth-order valence-electron chi connectivity index (χ4n) is 3.12. The van der Waals surface area contributed by atoms with Crippen molar-refractivity contribution in [3.63, 3.8) is 0 Å². The number of amides is 1. The zero-order valence-corrected chi connectivity index (χ0v) is 17.6. The van der Waals surface area contributed by atoms with Crippen molar-refractivity contribution in [1.29, 1.82) is 0 Å². The molecule has 1 atom stereocenters. The molecule has 0 unspecified atom stereocenters. The summed E-state index contributed by atoms with van der Waals surface area (Å²) < 4.78 is 28.8. The number of hydrogen-bond acceptors (Lipinski definition) is 6. The molecule has 2 heterocycles. The molecule has 156 valence electrons. The van der Waals surface area contributed by atoms with E-state index in [-0.39, 0.29) is 24.2 Å². The second-order valence-electron chi connectivity index (χ2n) is 7.08. The summed E-state index contributed by atoms with van der Waals surface area (Å²) in [5, 5.41) is 2.79.